The lowest BCUT2D eigenvalue weighted by molar-refractivity contribution is 0.0914. The van der Waals surface area contributed by atoms with Crippen LogP contribution in [0.4, 0.5) is 5.82 Å². The number of hydrogen-bond acceptors (Lipinski definition) is 6. The topological polar surface area (TPSA) is 69.0 Å². The molecule has 1 aliphatic heterocycles. The Morgan fingerprint density at radius 3 is 2.84 bits per heavy atom. The third kappa shape index (κ3) is 3.10. The fraction of sp³-hybridized carbons (Fsp3) is 0.333. The molecule has 4 rings (SSSR count). The summed E-state index contributed by atoms with van der Waals surface area (Å²) in [5.74, 6) is 1.54. The van der Waals surface area contributed by atoms with E-state index in [-0.39, 0.29) is 6.04 Å². The number of anilines is 1. The quantitative estimate of drug-likeness (QED) is 0.730. The Labute approximate surface area is 146 Å². The number of nitrogens with zero attached hydrogens (tertiary/aromatic N) is 6. The molecule has 0 spiro atoms. The van der Waals surface area contributed by atoms with Crippen molar-refractivity contribution in [3.63, 3.8) is 0 Å². The lowest BCUT2D eigenvalue weighted by Gasteiger charge is -2.36. The zero-order valence-corrected chi connectivity index (χ0v) is 14.3. The van der Waals surface area contributed by atoms with Crippen molar-refractivity contribution in [3.8, 4) is 11.5 Å². The Kier molecular flexibility index (Phi) is 4.15. The van der Waals surface area contributed by atoms with Crippen LogP contribution < -0.4 is 4.90 Å². The van der Waals surface area contributed by atoms with Crippen LogP contribution in [0.1, 0.15) is 17.4 Å². The molecule has 0 amide bonds. The molecule has 7 nitrogen and oxygen atoms in total. The molecule has 3 aromatic rings. The summed E-state index contributed by atoms with van der Waals surface area (Å²) in [6.45, 7) is 4.04. The molecule has 1 aliphatic rings. The van der Waals surface area contributed by atoms with Gasteiger partial charge in [-0.05, 0) is 25.1 Å². The van der Waals surface area contributed by atoms with E-state index in [0.29, 0.717) is 19.0 Å². The monoisotopic (exact) mass is 336 g/mol. The average Bonchev–Trinajstić information content (AvgIpc) is 3.08. The first-order valence-corrected chi connectivity index (χ1v) is 8.32. The Morgan fingerprint density at radius 1 is 1.16 bits per heavy atom. The van der Waals surface area contributed by atoms with Crippen LogP contribution in [0.5, 0.6) is 0 Å². The second-order valence-corrected chi connectivity index (χ2v) is 6.07. The van der Waals surface area contributed by atoms with E-state index in [2.05, 4.69) is 20.0 Å². The minimum absolute atomic E-state index is 0.0760. The van der Waals surface area contributed by atoms with E-state index < -0.39 is 0 Å². The van der Waals surface area contributed by atoms with E-state index in [4.69, 9.17) is 9.72 Å². The van der Waals surface area contributed by atoms with Gasteiger partial charge < -0.3 is 9.64 Å². The van der Waals surface area contributed by atoms with Crippen LogP contribution in [0.3, 0.4) is 0 Å². The molecule has 1 unspecified atom stereocenters. The first-order chi connectivity index (χ1) is 12.2. The van der Waals surface area contributed by atoms with Gasteiger partial charge in [0.1, 0.15) is 11.5 Å². The highest BCUT2D eigenvalue weighted by Gasteiger charge is 2.28. The van der Waals surface area contributed by atoms with Gasteiger partial charge in [-0.3, -0.25) is 9.67 Å². The molecule has 0 aliphatic carbocycles. The van der Waals surface area contributed by atoms with Crippen LogP contribution in [0.2, 0.25) is 0 Å². The lowest BCUT2D eigenvalue weighted by atomic mass is 10.1. The summed E-state index contributed by atoms with van der Waals surface area (Å²) in [6, 6.07) is 9.88. The Morgan fingerprint density at radius 2 is 2.08 bits per heavy atom. The summed E-state index contributed by atoms with van der Waals surface area (Å²) >= 11 is 0. The van der Waals surface area contributed by atoms with E-state index >= 15 is 0 Å². The highest BCUT2D eigenvalue weighted by Crippen LogP contribution is 2.29. The zero-order valence-electron chi connectivity index (χ0n) is 14.3. The van der Waals surface area contributed by atoms with Gasteiger partial charge in [0.15, 0.2) is 5.82 Å². The van der Waals surface area contributed by atoms with Crippen molar-refractivity contribution in [2.45, 2.75) is 13.0 Å². The van der Waals surface area contributed by atoms with E-state index in [9.17, 15) is 0 Å². The van der Waals surface area contributed by atoms with Crippen LogP contribution in [0, 0.1) is 6.92 Å². The summed E-state index contributed by atoms with van der Waals surface area (Å²) in [4.78, 5) is 16.0. The fourth-order valence-electron chi connectivity index (χ4n) is 3.14. The van der Waals surface area contributed by atoms with Gasteiger partial charge >= 0.3 is 0 Å². The second-order valence-electron chi connectivity index (χ2n) is 6.07. The molecule has 0 saturated carbocycles. The average molecular weight is 336 g/mol. The zero-order chi connectivity index (χ0) is 17.2. The maximum absolute atomic E-state index is 5.72. The minimum atomic E-state index is 0.0760. The van der Waals surface area contributed by atoms with Crippen molar-refractivity contribution in [3.05, 3.63) is 54.1 Å². The van der Waals surface area contributed by atoms with Crippen LogP contribution in [0.15, 0.2) is 42.7 Å². The molecule has 0 radical (unpaired) electrons. The molecule has 1 atom stereocenters. The third-order valence-electron chi connectivity index (χ3n) is 4.36. The van der Waals surface area contributed by atoms with Gasteiger partial charge in [-0.1, -0.05) is 6.07 Å². The summed E-state index contributed by atoms with van der Waals surface area (Å²) in [5, 5.41) is 4.29. The lowest BCUT2D eigenvalue weighted by Crippen LogP contribution is -2.41. The molecule has 128 valence electrons. The minimum Gasteiger partial charge on any atom is -0.377 e. The van der Waals surface area contributed by atoms with E-state index in [1.54, 1.807) is 6.20 Å². The number of ether oxygens (including phenoxy) is 1. The van der Waals surface area contributed by atoms with Gasteiger partial charge in [0, 0.05) is 37.7 Å². The van der Waals surface area contributed by atoms with E-state index in [0.717, 1.165) is 29.4 Å². The van der Waals surface area contributed by atoms with Crippen molar-refractivity contribution in [1.29, 1.82) is 0 Å². The molecular weight excluding hydrogens is 316 g/mol. The normalized spacial score (nSPS) is 17.7. The molecule has 4 heterocycles. The molecule has 0 N–H and O–H groups in total. The highest BCUT2D eigenvalue weighted by atomic mass is 16.5. The molecule has 1 fully saturated rings. The highest BCUT2D eigenvalue weighted by molar-refractivity contribution is 5.54. The van der Waals surface area contributed by atoms with Crippen LogP contribution in [0.25, 0.3) is 11.5 Å². The smallest absolute Gasteiger partial charge is 0.180 e. The SMILES string of the molecule is Cc1cc(N2CCOCC2c2ccnn2C)nc(-c2ccccn2)n1. The first-order valence-electron chi connectivity index (χ1n) is 8.32. The predicted molar refractivity (Wildman–Crippen MR) is 94.1 cm³/mol. The summed E-state index contributed by atoms with van der Waals surface area (Å²) in [5.41, 5.74) is 2.80. The number of morpholine rings is 1. The first kappa shape index (κ1) is 15.7. The number of aryl methyl sites for hydroxylation is 2. The molecule has 0 bridgehead atoms. The van der Waals surface area contributed by atoms with Gasteiger partial charge in [0.25, 0.3) is 0 Å². The van der Waals surface area contributed by atoms with Gasteiger partial charge in [-0.25, -0.2) is 9.97 Å². The maximum atomic E-state index is 5.72. The molecular formula is C18H20N6O. The molecule has 1 saturated heterocycles. The third-order valence-corrected chi connectivity index (χ3v) is 4.36. The van der Waals surface area contributed by atoms with Crippen LogP contribution in [-0.4, -0.2) is 44.5 Å². The van der Waals surface area contributed by atoms with Crippen molar-refractivity contribution in [2.75, 3.05) is 24.7 Å². The number of hydrogen-bond donors (Lipinski definition) is 0. The standard InChI is InChI=1S/C18H20N6O/c1-13-11-17(22-18(21-13)14-5-3-4-7-19-14)24-9-10-25-12-16(24)15-6-8-20-23(15)2/h3-8,11,16H,9-10,12H2,1-2H3. The Balaban J connectivity index is 1.74. The number of rotatable bonds is 3. The van der Waals surface area contributed by atoms with Crippen LogP contribution in [-0.2, 0) is 11.8 Å². The van der Waals surface area contributed by atoms with E-state index in [1.165, 1.54) is 0 Å². The summed E-state index contributed by atoms with van der Waals surface area (Å²) in [6.07, 6.45) is 3.57. The summed E-state index contributed by atoms with van der Waals surface area (Å²) in [7, 11) is 1.95. The molecule has 3 aromatic heterocycles. The van der Waals surface area contributed by atoms with Gasteiger partial charge in [0.2, 0.25) is 0 Å². The van der Waals surface area contributed by atoms with Crippen molar-refractivity contribution in [2.24, 2.45) is 7.05 Å². The summed E-state index contributed by atoms with van der Waals surface area (Å²) < 4.78 is 7.61. The number of aromatic nitrogens is 5. The largest absolute Gasteiger partial charge is 0.377 e. The predicted octanol–water partition coefficient (Wildman–Crippen LogP) is 2.16. The second kappa shape index (κ2) is 6.60. The maximum Gasteiger partial charge on any atom is 0.180 e. The van der Waals surface area contributed by atoms with E-state index in [1.807, 2.05) is 55.2 Å². The molecule has 0 aromatic carbocycles. The van der Waals surface area contributed by atoms with Crippen molar-refractivity contribution < 1.29 is 4.74 Å². The van der Waals surface area contributed by atoms with Gasteiger partial charge in [-0.2, -0.15) is 5.10 Å². The van der Waals surface area contributed by atoms with Crippen molar-refractivity contribution >= 4 is 5.82 Å². The fourth-order valence-corrected chi connectivity index (χ4v) is 3.14. The van der Waals surface area contributed by atoms with Gasteiger partial charge in [-0.15, -0.1) is 0 Å². The Bertz CT molecular complexity index is 863. The van der Waals surface area contributed by atoms with Crippen molar-refractivity contribution in [1.82, 2.24) is 24.7 Å². The molecule has 7 heteroatoms. The van der Waals surface area contributed by atoms with Gasteiger partial charge in [0.05, 0.1) is 24.9 Å². The molecule has 25 heavy (non-hydrogen) atoms. The van der Waals surface area contributed by atoms with Crippen LogP contribution >= 0.6 is 0 Å². The number of pyridine rings is 1. The Hall–Kier alpha value is -2.80.